The summed E-state index contributed by atoms with van der Waals surface area (Å²) in [5.41, 5.74) is 11.2. The molecule has 6 heteroatoms. The van der Waals surface area contributed by atoms with Crippen LogP contribution in [0.3, 0.4) is 0 Å². The SMILES string of the molecule is Cn1c2ccc(-c3cccc4c3oc3ccccc34)cc2c(=N)c2cc3c(cc21)c(=N)c1cc(-c2cccc4c2oc2ccccc24)ccc1n3C. The van der Waals surface area contributed by atoms with Crippen LogP contribution in [0.4, 0.5) is 0 Å². The van der Waals surface area contributed by atoms with Gasteiger partial charge in [0.25, 0.3) is 0 Å². The molecule has 0 atom stereocenters. The van der Waals surface area contributed by atoms with Crippen LogP contribution in [0.2, 0.25) is 0 Å². The molecule has 6 nitrogen and oxygen atoms in total. The highest BCUT2D eigenvalue weighted by molar-refractivity contribution is 6.12. The molecule has 2 N–H and O–H groups in total. The van der Waals surface area contributed by atoms with E-state index in [0.29, 0.717) is 10.7 Å². The van der Waals surface area contributed by atoms with Crippen molar-refractivity contribution in [3.05, 3.63) is 144 Å². The van der Waals surface area contributed by atoms with Crippen molar-refractivity contribution in [1.82, 2.24) is 9.13 Å². The Labute approximate surface area is 296 Å². The Kier molecular flexibility index (Phi) is 5.72. The molecule has 0 unspecified atom stereocenters. The molecule has 7 aromatic carbocycles. The lowest BCUT2D eigenvalue weighted by Gasteiger charge is -2.17. The first kappa shape index (κ1) is 28.9. The summed E-state index contributed by atoms with van der Waals surface area (Å²) < 4.78 is 17.0. The molecule has 11 rings (SSSR count). The Hall–Kier alpha value is -6.92. The first-order valence-electron chi connectivity index (χ1n) is 17.4. The third-order valence-corrected chi connectivity index (χ3v) is 11.1. The van der Waals surface area contributed by atoms with Crippen molar-refractivity contribution in [3.8, 4) is 22.3 Å². The molecule has 0 fully saturated rings. The van der Waals surface area contributed by atoms with Gasteiger partial charge in [-0.15, -0.1) is 0 Å². The van der Waals surface area contributed by atoms with Gasteiger partial charge in [0, 0.05) is 68.3 Å². The van der Waals surface area contributed by atoms with Crippen molar-refractivity contribution < 1.29 is 8.83 Å². The molecular formula is C46H30N4O2. The predicted molar refractivity (Wildman–Crippen MR) is 212 cm³/mol. The van der Waals surface area contributed by atoms with Gasteiger partial charge in [0.05, 0.1) is 32.8 Å². The predicted octanol–water partition coefficient (Wildman–Crippen LogP) is 11.1. The number of hydrogen-bond donors (Lipinski definition) is 2. The second-order valence-electron chi connectivity index (χ2n) is 13.8. The summed E-state index contributed by atoms with van der Waals surface area (Å²) in [4.78, 5) is 0. The largest absolute Gasteiger partial charge is 0.455 e. The number of aryl methyl sites for hydroxylation is 2. The number of para-hydroxylation sites is 4. The molecule has 0 bridgehead atoms. The van der Waals surface area contributed by atoms with E-state index in [1.54, 1.807) is 0 Å². The number of nitrogens with one attached hydrogen (secondary N) is 2. The normalized spacial score (nSPS) is 12.2. The van der Waals surface area contributed by atoms with Crippen molar-refractivity contribution in [2.75, 3.05) is 0 Å². The monoisotopic (exact) mass is 670 g/mol. The van der Waals surface area contributed by atoms with Crippen LogP contribution in [0.5, 0.6) is 0 Å². The van der Waals surface area contributed by atoms with E-state index in [2.05, 4.69) is 106 Å². The quantitative estimate of drug-likeness (QED) is 0.179. The number of pyridine rings is 2. The standard InChI is InChI=1S/C46H30N4O2/c1-49-37-19-17-25(27-11-7-13-31-29-9-3-5-15-41(29)51-45(27)31)21-33(37)43(47)35-24-40-36(23-39(35)49)44(48)34-22-26(18-20-38(34)50(40)2)28-12-8-14-32-30-10-4-6-16-42(30)52-46(28)32/h3-24,47-48H,1-2H3. The maximum absolute atomic E-state index is 9.53. The molecule has 246 valence electrons. The minimum atomic E-state index is 0.463. The minimum Gasteiger partial charge on any atom is -0.455 e. The van der Waals surface area contributed by atoms with Gasteiger partial charge in [-0.25, -0.2) is 0 Å². The summed E-state index contributed by atoms with van der Waals surface area (Å²) >= 11 is 0. The van der Waals surface area contributed by atoms with E-state index >= 15 is 0 Å². The molecule has 4 aromatic heterocycles. The van der Waals surface area contributed by atoms with Gasteiger partial charge >= 0.3 is 0 Å². The lowest BCUT2D eigenvalue weighted by atomic mass is 9.98. The number of fused-ring (bicyclic) bond motifs is 10. The van der Waals surface area contributed by atoms with E-state index in [-0.39, 0.29) is 0 Å². The van der Waals surface area contributed by atoms with Crippen molar-refractivity contribution >= 4 is 87.5 Å². The molecule has 0 amide bonds. The fraction of sp³-hybridized carbons (Fsp3) is 0.0435. The average molecular weight is 671 g/mol. The van der Waals surface area contributed by atoms with E-state index < -0.39 is 0 Å². The lowest BCUT2D eigenvalue weighted by Crippen LogP contribution is -2.13. The van der Waals surface area contributed by atoms with E-state index in [9.17, 15) is 10.8 Å². The molecule has 0 aliphatic carbocycles. The van der Waals surface area contributed by atoms with Gasteiger partial charge in [0.2, 0.25) is 0 Å². The van der Waals surface area contributed by atoms with E-state index in [4.69, 9.17) is 8.83 Å². The number of aromatic nitrogens is 2. The maximum Gasteiger partial charge on any atom is 0.143 e. The zero-order valence-electron chi connectivity index (χ0n) is 28.4. The second kappa shape index (κ2) is 10.3. The molecule has 0 saturated heterocycles. The van der Waals surface area contributed by atoms with Crippen LogP contribution in [0.1, 0.15) is 0 Å². The Balaban J connectivity index is 1.12. The first-order chi connectivity index (χ1) is 25.4. The Morgan fingerprint density at radius 3 is 1.25 bits per heavy atom. The smallest absolute Gasteiger partial charge is 0.143 e. The summed E-state index contributed by atoms with van der Waals surface area (Å²) in [5, 5.41) is 27.7. The molecule has 0 spiro atoms. The zero-order valence-corrected chi connectivity index (χ0v) is 28.4. The second-order valence-corrected chi connectivity index (χ2v) is 13.8. The third kappa shape index (κ3) is 3.83. The first-order valence-corrected chi connectivity index (χ1v) is 17.4. The fourth-order valence-electron chi connectivity index (χ4n) is 8.42. The summed E-state index contributed by atoms with van der Waals surface area (Å²) in [6, 6.07) is 45.6. The van der Waals surface area contributed by atoms with Gasteiger partial charge in [0.1, 0.15) is 22.3 Å². The Morgan fingerprint density at radius 2 is 0.788 bits per heavy atom. The minimum absolute atomic E-state index is 0.463. The van der Waals surface area contributed by atoms with Gasteiger partial charge in [-0.3, -0.25) is 10.8 Å². The molecular weight excluding hydrogens is 641 g/mol. The van der Waals surface area contributed by atoms with Crippen LogP contribution in [0.25, 0.3) is 110 Å². The van der Waals surface area contributed by atoms with Gasteiger partial charge in [-0.2, -0.15) is 0 Å². The van der Waals surface area contributed by atoms with Crippen molar-refractivity contribution in [1.29, 1.82) is 10.8 Å². The maximum atomic E-state index is 9.53. The average Bonchev–Trinajstić information content (AvgIpc) is 3.77. The summed E-state index contributed by atoms with van der Waals surface area (Å²) in [5.74, 6) is 0. The highest BCUT2D eigenvalue weighted by Gasteiger charge is 2.17. The molecule has 0 aliphatic heterocycles. The molecule has 11 aromatic rings. The summed E-state index contributed by atoms with van der Waals surface area (Å²) in [6.45, 7) is 0. The number of hydrogen-bond acceptors (Lipinski definition) is 4. The Bertz CT molecular complexity index is 3250. The van der Waals surface area contributed by atoms with Crippen LogP contribution in [0.15, 0.2) is 142 Å². The molecule has 4 heterocycles. The number of furan rings is 2. The molecule has 52 heavy (non-hydrogen) atoms. The van der Waals surface area contributed by atoms with Crippen LogP contribution in [-0.2, 0) is 14.1 Å². The van der Waals surface area contributed by atoms with Crippen LogP contribution in [-0.4, -0.2) is 9.13 Å². The van der Waals surface area contributed by atoms with Gasteiger partial charge in [0.15, 0.2) is 0 Å². The summed E-state index contributed by atoms with van der Waals surface area (Å²) in [6.07, 6.45) is 0. The fourth-order valence-corrected chi connectivity index (χ4v) is 8.42. The Morgan fingerprint density at radius 1 is 0.385 bits per heavy atom. The third-order valence-electron chi connectivity index (χ3n) is 11.1. The molecule has 0 saturated carbocycles. The molecule has 0 aliphatic rings. The van der Waals surface area contributed by atoms with E-state index in [1.165, 1.54) is 0 Å². The van der Waals surface area contributed by atoms with E-state index in [1.807, 2.05) is 50.5 Å². The number of benzene rings is 7. The highest BCUT2D eigenvalue weighted by atomic mass is 16.3. The van der Waals surface area contributed by atoms with Crippen LogP contribution >= 0.6 is 0 Å². The summed E-state index contributed by atoms with van der Waals surface area (Å²) in [7, 11) is 4.10. The highest BCUT2D eigenvalue weighted by Crippen LogP contribution is 2.38. The van der Waals surface area contributed by atoms with Gasteiger partial charge < -0.3 is 18.0 Å². The van der Waals surface area contributed by atoms with E-state index in [0.717, 1.165) is 110 Å². The zero-order chi connectivity index (χ0) is 34.8. The van der Waals surface area contributed by atoms with Crippen molar-refractivity contribution in [3.63, 3.8) is 0 Å². The van der Waals surface area contributed by atoms with Gasteiger partial charge in [-0.1, -0.05) is 84.9 Å². The van der Waals surface area contributed by atoms with Crippen LogP contribution < -0.4 is 10.7 Å². The van der Waals surface area contributed by atoms with Crippen molar-refractivity contribution in [2.24, 2.45) is 14.1 Å². The van der Waals surface area contributed by atoms with Crippen molar-refractivity contribution in [2.45, 2.75) is 0 Å². The topological polar surface area (TPSA) is 83.8 Å². The van der Waals surface area contributed by atoms with Gasteiger partial charge in [-0.05, 0) is 59.7 Å². The molecule has 0 radical (unpaired) electrons. The lowest BCUT2D eigenvalue weighted by molar-refractivity contribution is 0.669. The number of nitrogens with zero attached hydrogens (tertiary/aromatic N) is 2. The van der Waals surface area contributed by atoms with Crippen LogP contribution in [0, 0.1) is 10.8 Å². The number of rotatable bonds is 2.